The molecule has 0 aliphatic heterocycles. The highest BCUT2D eigenvalue weighted by atomic mass is 16.6. The zero-order chi connectivity index (χ0) is 18.3. The second kappa shape index (κ2) is 8.50. The first-order valence-corrected chi connectivity index (χ1v) is 7.45. The van der Waals surface area contributed by atoms with E-state index in [-0.39, 0.29) is 23.9 Å². The first kappa shape index (κ1) is 19.7. The van der Waals surface area contributed by atoms with E-state index < -0.39 is 23.6 Å². The van der Waals surface area contributed by atoms with Gasteiger partial charge in [0.25, 0.3) is 0 Å². The SMILES string of the molecule is CC(=O)NN[C@H]1CC=C(C(=O)N=O)C[C@@H]1NNC(=O)OC(C)(C)C. The third kappa shape index (κ3) is 6.84. The maximum Gasteiger partial charge on any atom is 0.422 e. The fourth-order valence-electron chi connectivity index (χ4n) is 2.09. The van der Waals surface area contributed by atoms with E-state index in [1.165, 1.54) is 6.92 Å². The van der Waals surface area contributed by atoms with Crippen LogP contribution in [0.2, 0.25) is 0 Å². The van der Waals surface area contributed by atoms with E-state index >= 15 is 0 Å². The van der Waals surface area contributed by atoms with Crippen LogP contribution >= 0.6 is 0 Å². The molecule has 0 saturated carbocycles. The molecule has 0 aromatic rings. The molecule has 0 spiro atoms. The van der Waals surface area contributed by atoms with Crippen LogP contribution in [0.4, 0.5) is 4.79 Å². The Kier molecular flexibility index (Phi) is 6.98. The standard InChI is InChI=1S/C14H23N5O5/c1-8(20)15-16-10-6-5-9(12(21)19-23)7-11(10)17-18-13(22)24-14(2,3)4/h5,10-11,16-17H,6-7H2,1-4H3,(H,15,20)(H,18,22)/t10-,11-/m0/s1. The van der Waals surface area contributed by atoms with Gasteiger partial charge < -0.3 is 4.74 Å². The Balaban J connectivity index is 2.70. The quantitative estimate of drug-likeness (QED) is 0.419. The molecule has 1 aliphatic rings. The van der Waals surface area contributed by atoms with E-state index in [2.05, 4.69) is 26.9 Å². The summed E-state index contributed by atoms with van der Waals surface area (Å²) in [4.78, 5) is 44.6. The van der Waals surface area contributed by atoms with Gasteiger partial charge in [-0.05, 0) is 33.6 Å². The van der Waals surface area contributed by atoms with Gasteiger partial charge >= 0.3 is 12.0 Å². The van der Waals surface area contributed by atoms with Crippen LogP contribution in [0.1, 0.15) is 40.5 Å². The van der Waals surface area contributed by atoms with Gasteiger partial charge in [-0.25, -0.2) is 15.6 Å². The van der Waals surface area contributed by atoms with Crippen LogP contribution in [-0.4, -0.2) is 35.6 Å². The topological polar surface area (TPSA) is 138 Å². The molecule has 1 aliphatic carbocycles. The fraction of sp³-hybridized carbons (Fsp3) is 0.643. The summed E-state index contributed by atoms with van der Waals surface area (Å²) in [5.74, 6) is -1.13. The van der Waals surface area contributed by atoms with Crippen molar-refractivity contribution in [3.05, 3.63) is 16.6 Å². The minimum Gasteiger partial charge on any atom is -0.443 e. The van der Waals surface area contributed by atoms with E-state index in [0.717, 1.165) is 0 Å². The monoisotopic (exact) mass is 341 g/mol. The van der Waals surface area contributed by atoms with Crippen LogP contribution in [0.3, 0.4) is 0 Å². The number of hydrogen-bond donors (Lipinski definition) is 4. The average molecular weight is 341 g/mol. The number of carbonyl (C=O) groups is 3. The van der Waals surface area contributed by atoms with E-state index in [1.54, 1.807) is 26.8 Å². The lowest BCUT2D eigenvalue weighted by molar-refractivity contribution is -0.120. The Bertz CT molecular complexity index is 540. The molecule has 0 saturated heterocycles. The van der Waals surface area contributed by atoms with Crippen molar-refractivity contribution in [2.75, 3.05) is 0 Å². The van der Waals surface area contributed by atoms with Crippen molar-refractivity contribution in [1.29, 1.82) is 0 Å². The van der Waals surface area contributed by atoms with Gasteiger partial charge in [0.15, 0.2) is 0 Å². The molecule has 0 fully saturated rings. The number of hydrogen-bond acceptors (Lipinski definition) is 7. The number of carbonyl (C=O) groups excluding carboxylic acids is 3. The molecular formula is C14H23N5O5. The van der Waals surface area contributed by atoms with E-state index in [1.807, 2.05) is 0 Å². The largest absolute Gasteiger partial charge is 0.443 e. The molecule has 0 bridgehead atoms. The minimum absolute atomic E-state index is 0.150. The predicted octanol–water partition coefficient (Wildman–Crippen LogP) is 0.407. The highest BCUT2D eigenvalue weighted by Crippen LogP contribution is 2.19. The van der Waals surface area contributed by atoms with Crippen molar-refractivity contribution >= 4 is 17.9 Å². The number of nitroso groups, excluding NO2 is 1. The molecule has 2 atom stereocenters. The van der Waals surface area contributed by atoms with Crippen LogP contribution in [0.25, 0.3) is 0 Å². The predicted molar refractivity (Wildman–Crippen MR) is 85.2 cm³/mol. The van der Waals surface area contributed by atoms with E-state index in [9.17, 15) is 19.3 Å². The first-order valence-electron chi connectivity index (χ1n) is 7.45. The Morgan fingerprint density at radius 3 is 2.33 bits per heavy atom. The third-order valence-corrected chi connectivity index (χ3v) is 3.09. The maximum atomic E-state index is 11.7. The molecule has 134 valence electrons. The van der Waals surface area contributed by atoms with Crippen molar-refractivity contribution in [3.8, 4) is 0 Å². The Labute approximate surface area is 139 Å². The molecule has 10 nitrogen and oxygen atoms in total. The summed E-state index contributed by atoms with van der Waals surface area (Å²) in [6.45, 7) is 6.52. The maximum absolute atomic E-state index is 11.7. The minimum atomic E-state index is -0.850. The second-order valence-electron chi connectivity index (χ2n) is 6.38. The number of amides is 3. The second-order valence-corrected chi connectivity index (χ2v) is 6.38. The molecule has 0 radical (unpaired) electrons. The van der Waals surface area contributed by atoms with Crippen molar-refractivity contribution in [2.24, 2.45) is 5.18 Å². The lowest BCUT2D eigenvalue weighted by Crippen LogP contribution is -2.59. The van der Waals surface area contributed by atoms with Gasteiger partial charge in [-0.2, -0.15) is 0 Å². The molecule has 1 rings (SSSR count). The van der Waals surface area contributed by atoms with Crippen molar-refractivity contribution in [2.45, 2.75) is 58.2 Å². The van der Waals surface area contributed by atoms with Gasteiger partial charge in [-0.15, -0.1) is 4.91 Å². The number of rotatable bonds is 5. The van der Waals surface area contributed by atoms with Gasteiger partial charge in [0.2, 0.25) is 5.91 Å². The smallest absolute Gasteiger partial charge is 0.422 e. The normalized spacial score (nSPS) is 20.6. The summed E-state index contributed by atoms with van der Waals surface area (Å²) in [6, 6.07) is -0.776. The van der Waals surface area contributed by atoms with Crippen LogP contribution in [0.15, 0.2) is 16.8 Å². The molecule has 0 unspecified atom stereocenters. The summed E-state index contributed by atoms with van der Waals surface area (Å²) < 4.78 is 5.10. The Morgan fingerprint density at radius 1 is 1.17 bits per heavy atom. The number of ether oxygens (including phenoxy) is 1. The fourth-order valence-corrected chi connectivity index (χ4v) is 2.09. The molecule has 0 aromatic carbocycles. The number of nitrogens with one attached hydrogen (secondary N) is 4. The molecule has 4 N–H and O–H groups in total. The molecule has 3 amide bonds. The molecule has 10 heteroatoms. The Morgan fingerprint density at radius 2 is 1.79 bits per heavy atom. The van der Waals surface area contributed by atoms with Crippen molar-refractivity contribution in [1.82, 2.24) is 21.7 Å². The van der Waals surface area contributed by atoms with Gasteiger partial charge in [0.1, 0.15) is 5.60 Å². The molecule has 0 aromatic heterocycles. The lowest BCUT2D eigenvalue weighted by Gasteiger charge is -2.32. The van der Waals surface area contributed by atoms with Crippen LogP contribution < -0.4 is 21.7 Å². The van der Waals surface area contributed by atoms with Crippen LogP contribution in [-0.2, 0) is 14.3 Å². The van der Waals surface area contributed by atoms with Gasteiger partial charge in [-0.3, -0.25) is 20.4 Å². The van der Waals surface area contributed by atoms with Crippen molar-refractivity contribution < 1.29 is 19.1 Å². The summed E-state index contributed by atoms with van der Waals surface area (Å²) in [7, 11) is 0. The van der Waals surface area contributed by atoms with E-state index in [4.69, 9.17) is 4.74 Å². The molecular weight excluding hydrogens is 318 g/mol. The van der Waals surface area contributed by atoms with Gasteiger partial charge in [-0.1, -0.05) is 6.08 Å². The lowest BCUT2D eigenvalue weighted by atomic mass is 9.90. The number of nitrogens with zero attached hydrogens (tertiary/aromatic N) is 1. The van der Waals surface area contributed by atoms with Gasteiger partial charge in [0.05, 0.1) is 0 Å². The van der Waals surface area contributed by atoms with Crippen LogP contribution in [0, 0.1) is 4.91 Å². The first-order chi connectivity index (χ1) is 11.1. The zero-order valence-electron chi connectivity index (χ0n) is 14.1. The number of hydrazine groups is 2. The third-order valence-electron chi connectivity index (χ3n) is 3.09. The van der Waals surface area contributed by atoms with Crippen LogP contribution in [0.5, 0.6) is 0 Å². The van der Waals surface area contributed by atoms with E-state index in [0.29, 0.717) is 6.42 Å². The zero-order valence-corrected chi connectivity index (χ0v) is 14.1. The summed E-state index contributed by atoms with van der Waals surface area (Å²) in [6.07, 6.45) is 1.40. The summed E-state index contributed by atoms with van der Waals surface area (Å²) in [5.41, 5.74) is 9.99. The van der Waals surface area contributed by atoms with Crippen molar-refractivity contribution in [3.63, 3.8) is 0 Å². The molecule has 0 heterocycles. The molecule has 24 heavy (non-hydrogen) atoms. The average Bonchev–Trinajstić information content (AvgIpc) is 2.48. The Hall–Kier alpha value is -2.33. The summed E-state index contributed by atoms with van der Waals surface area (Å²) in [5, 5.41) is 2.40. The highest BCUT2D eigenvalue weighted by molar-refractivity contribution is 5.94. The highest BCUT2D eigenvalue weighted by Gasteiger charge is 2.29. The summed E-state index contributed by atoms with van der Waals surface area (Å²) >= 11 is 0. The van der Waals surface area contributed by atoms with Gasteiger partial charge in [0, 0.05) is 29.8 Å².